The Hall–Kier alpha value is -1.58. The molecule has 4 fully saturated rings. The largest absolute Gasteiger partial charge is 0.459 e. The van der Waals surface area contributed by atoms with E-state index in [-0.39, 0.29) is 29.1 Å². The number of carbonyl (C=O) groups is 2. The number of hydrogen-bond acceptors (Lipinski definition) is 4. The summed E-state index contributed by atoms with van der Waals surface area (Å²) in [5.41, 5.74) is 1.02. The average Bonchev–Trinajstić information content (AvgIpc) is 3.30. The summed E-state index contributed by atoms with van der Waals surface area (Å²) >= 11 is 0. The monoisotopic (exact) mass is 428 g/mol. The first-order chi connectivity index (χ1) is 14.5. The summed E-state index contributed by atoms with van der Waals surface area (Å²) in [7, 11) is 0. The minimum absolute atomic E-state index is 0.00614. The van der Waals surface area contributed by atoms with E-state index >= 15 is 0 Å². The van der Waals surface area contributed by atoms with Crippen LogP contribution >= 0.6 is 0 Å². The Morgan fingerprint density at radius 2 is 1.77 bits per heavy atom. The molecule has 0 N–H and O–H groups in total. The van der Waals surface area contributed by atoms with E-state index in [1.807, 2.05) is 0 Å². The highest BCUT2D eigenvalue weighted by Crippen LogP contribution is 2.64. The van der Waals surface area contributed by atoms with Crippen LogP contribution in [0.1, 0.15) is 85.5 Å². The lowest BCUT2D eigenvalue weighted by Gasteiger charge is -2.38. The third-order valence-electron chi connectivity index (χ3n) is 8.63. The van der Waals surface area contributed by atoms with Gasteiger partial charge >= 0.3 is 11.9 Å². The predicted octanol–water partition coefficient (Wildman–Crippen LogP) is 6.00. The van der Waals surface area contributed by atoms with Gasteiger partial charge in [0, 0.05) is 17.1 Å². The van der Waals surface area contributed by atoms with Crippen LogP contribution in [0.3, 0.4) is 0 Å². The lowest BCUT2D eigenvalue weighted by molar-refractivity contribution is -0.159. The van der Waals surface area contributed by atoms with E-state index in [4.69, 9.17) is 9.47 Å². The maximum atomic E-state index is 12.8. The first-order valence-corrected chi connectivity index (χ1v) is 12.3. The van der Waals surface area contributed by atoms with Crippen molar-refractivity contribution < 1.29 is 19.1 Å². The van der Waals surface area contributed by atoms with Gasteiger partial charge in [-0.1, -0.05) is 33.9 Å². The zero-order valence-electron chi connectivity index (χ0n) is 19.9. The molecule has 0 saturated heterocycles. The molecular weight excluding hydrogens is 388 g/mol. The second kappa shape index (κ2) is 8.08. The molecule has 0 amide bonds. The first kappa shape index (κ1) is 22.6. The third kappa shape index (κ3) is 4.50. The quantitative estimate of drug-likeness (QED) is 0.384. The summed E-state index contributed by atoms with van der Waals surface area (Å²) in [4.78, 5) is 25.1. The van der Waals surface area contributed by atoms with Crippen molar-refractivity contribution in [2.45, 2.75) is 97.2 Å². The zero-order chi connectivity index (χ0) is 22.6. The van der Waals surface area contributed by atoms with Crippen LogP contribution in [0.4, 0.5) is 0 Å². The van der Waals surface area contributed by atoms with Crippen molar-refractivity contribution in [3.05, 3.63) is 24.3 Å². The van der Waals surface area contributed by atoms with Gasteiger partial charge in [0.25, 0.3) is 0 Å². The molecule has 4 aliphatic carbocycles. The molecule has 2 bridgehead atoms. The average molecular weight is 429 g/mol. The summed E-state index contributed by atoms with van der Waals surface area (Å²) in [6.07, 6.45) is 9.04. The molecule has 0 aromatic carbocycles. The van der Waals surface area contributed by atoms with Crippen LogP contribution in [0, 0.1) is 35.0 Å². The van der Waals surface area contributed by atoms with Crippen LogP contribution in [0.5, 0.6) is 0 Å². The van der Waals surface area contributed by atoms with Crippen LogP contribution in [0.2, 0.25) is 0 Å². The summed E-state index contributed by atoms with van der Waals surface area (Å²) < 4.78 is 11.9. The Morgan fingerprint density at radius 3 is 2.45 bits per heavy atom. The summed E-state index contributed by atoms with van der Waals surface area (Å²) in [6.45, 7) is 16.4. The summed E-state index contributed by atoms with van der Waals surface area (Å²) in [6, 6.07) is 0. The lowest BCUT2D eigenvalue weighted by atomic mass is 9.71. The van der Waals surface area contributed by atoms with Crippen molar-refractivity contribution in [1.29, 1.82) is 0 Å². The third-order valence-corrected chi connectivity index (χ3v) is 8.63. The number of fused-ring (bicyclic) bond motifs is 5. The standard InChI is InChI=1S/C27H40O4/c1-16(2)24(28)31-27-8-7-20(14-27)22-11-19(12-23(22)27)10-18(4)25(29)30-21-9-17(3)13-26(5,6)15-21/h17,19-23H,1,4,7-15H2,2-3,5-6H3. The maximum Gasteiger partial charge on any atom is 0.333 e. The van der Waals surface area contributed by atoms with E-state index in [1.54, 1.807) is 6.92 Å². The second-order valence-electron chi connectivity index (χ2n) is 12.1. The van der Waals surface area contributed by atoms with Crippen LogP contribution in [0.25, 0.3) is 0 Å². The lowest BCUT2D eigenvalue weighted by Crippen LogP contribution is -2.39. The molecule has 7 atom stereocenters. The molecule has 0 aromatic rings. The highest BCUT2D eigenvalue weighted by atomic mass is 16.6. The maximum absolute atomic E-state index is 12.8. The predicted molar refractivity (Wildman–Crippen MR) is 121 cm³/mol. The van der Waals surface area contributed by atoms with E-state index in [1.165, 1.54) is 6.42 Å². The topological polar surface area (TPSA) is 52.6 Å². The number of ether oxygens (including phenoxy) is 2. The fourth-order valence-electron chi connectivity index (χ4n) is 7.71. The van der Waals surface area contributed by atoms with E-state index in [2.05, 4.69) is 33.9 Å². The summed E-state index contributed by atoms with van der Waals surface area (Å²) in [5.74, 6) is 2.24. The van der Waals surface area contributed by atoms with Crippen molar-refractivity contribution in [2.75, 3.05) is 0 Å². The second-order valence-corrected chi connectivity index (χ2v) is 12.1. The highest BCUT2D eigenvalue weighted by Gasteiger charge is 2.62. The van der Waals surface area contributed by atoms with Crippen molar-refractivity contribution in [3.63, 3.8) is 0 Å². The van der Waals surface area contributed by atoms with E-state index in [0.29, 0.717) is 47.2 Å². The van der Waals surface area contributed by atoms with Crippen molar-refractivity contribution >= 4 is 11.9 Å². The summed E-state index contributed by atoms with van der Waals surface area (Å²) in [5, 5.41) is 0. The molecule has 0 aliphatic heterocycles. The zero-order valence-corrected chi connectivity index (χ0v) is 19.9. The smallest absolute Gasteiger partial charge is 0.333 e. The van der Waals surface area contributed by atoms with Crippen LogP contribution < -0.4 is 0 Å². The Balaban J connectivity index is 1.33. The minimum Gasteiger partial charge on any atom is -0.459 e. The molecular formula is C27H40O4. The van der Waals surface area contributed by atoms with Gasteiger partial charge in [0.2, 0.25) is 0 Å². The van der Waals surface area contributed by atoms with Gasteiger partial charge in [-0.15, -0.1) is 0 Å². The molecule has 7 unspecified atom stereocenters. The molecule has 4 rings (SSSR count). The van der Waals surface area contributed by atoms with Gasteiger partial charge < -0.3 is 9.47 Å². The SMILES string of the molecule is C=C(C)C(=O)OC12CCC(C1)C1CC(CC(=C)C(=O)OC3CC(C)CC(C)(C)C3)CC12. The van der Waals surface area contributed by atoms with Crippen molar-refractivity contribution in [1.82, 2.24) is 0 Å². The minimum atomic E-state index is -0.300. The number of hydrogen-bond donors (Lipinski definition) is 0. The van der Waals surface area contributed by atoms with Crippen LogP contribution in [-0.4, -0.2) is 23.6 Å². The van der Waals surface area contributed by atoms with Crippen LogP contribution in [-0.2, 0) is 19.1 Å². The Kier molecular flexibility index (Phi) is 5.89. The Labute approximate surface area is 187 Å². The molecule has 172 valence electrons. The molecule has 0 heterocycles. The van der Waals surface area contributed by atoms with Gasteiger partial charge in [-0.05, 0) is 93.8 Å². The number of carbonyl (C=O) groups excluding carboxylic acids is 2. The van der Waals surface area contributed by atoms with Crippen molar-refractivity contribution in [3.8, 4) is 0 Å². The normalized spacial score (nSPS) is 40.3. The van der Waals surface area contributed by atoms with Gasteiger partial charge in [0.1, 0.15) is 11.7 Å². The van der Waals surface area contributed by atoms with E-state index in [0.717, 1.165) is 44.9 Å². The van der Waals surface area contributed by atoms with Crippen LogP contribution in [0.15, 0.2) is 24.3 Å². The van der Waals surface area contributed by atoms with E-state index in [9.17, 15) is 9.59 Å². The Morgan fingerprint density at radius 1 is 1.03 bits per heavy atom. The molecule has 4 nitrogen and oxygen atoms in total. The molecule has 0 spiro atoms. The molecule has 31 heavy (non-hydrogen) atoms. The molecule has 4 heteroatoms. The molecule has 0 radical (unpaired) electrons. The van der Waals surface area contributed by atoms with Gasteiger partial charge in [0.15, 0.2) is 0 Å². The molecule has 4 saturated carbocycles. The fraction of sp³-hybridized carbons (Fsp3) is 0.778. The van der Waals surface area contributed by atoms with E-state index < -0.39 is 0 Å². The molecule has 4 aliphatic rings. The number of rotatable bonds is 6. The number of esters is 2. The van der Waals surface area contributed by atoms with Gasteiger partial charge in [-0.3, -0.25) is 0 Å². The highest BCUT2D eigenvalue weighted by molar-refractivity contribution is 5.88. The fourth-order valence-corrected chi connectivity index (χ4v) is 7.71. The molecule has 0 aromatic heterocycles. The van der Waals surface area contributed by atoms with Gasteiger partial charge in [-0.25, -0.2) is 9.59 Å². The Bertz CT molecular complexity index is 780. The van der Waals surface area contributed by atoms with Gasteiger partial charge in [0.05, 0.1) is 0 Å². The van der Waals surface area contributed by atoms with Gasteiger partial charge in [-0.2, -0.15) is 0 Å². The van der Waals surface area contributed by atoms with Crippen molar-refractivity contribution in [2.24, 2.45) is 35.0 Å². The first-order valence-electron chi connectivity index (χ1n) is 12.3.